The number of hydrogen-bond donors (Lipinski definition) is 0. The Balaban J connectivity index is 1.45. The zero-order chi connectivity index (χ0) is 13.8. The van der Waals surface area contributed by atoms with Gasteiger partial charge in [-0.25, -0.2) is 4.98 Å². The number of aromatic nitrogens is 3. The first-order valence-corrected chi connectivity index (χ1v) is 7.52. The molecule has 20 heavy (non-hydrogen) atoms. The van der Waals surface area contributed by atoms with E-state index in [0.717, 1.165) is 39.1 Å². The highest BCUT2D eigenvalue weighted by atomic mass is 16.5. The van der Waals surface area contributed by atoms with Crippen molar-refractivity contribution in [2.75, 3.05) is 19.8 Å². The molecule has 0 spiro atoms. The summed E-state index contributed by atoms with van der Waals surface area (Å²) in [7, 11) is 0. The maximum absolute atomic E-state index is 12.4. The normalized spacial score (nSPS) is 22.1. The second-order valence-corrected chi connectivity index (χ2v) is 5.77. The van der Waals surface area contributed by atoms with Crippen molar-refractivity contribution < 1.29 is 9.53 Å². The van der Waals surface area contributed by atoms with E-state index in [-0.39, 0.29) is 0 Å². The Morgan fingerprint density at radius 1 is 1.40 bits per heavy atom. The molecule has 6 heteroatoms. The van der Waals surface area contributed by atoms with Crippen LogP contribution in [0.2, 0.25) is 0 Å². The SMILES string of the molecule is O=C(CCCn1cncn1)N(CC1CCOC1)C1CC1. The lowest BCUT2D eigenvalue weighted by atomic mass is 10.1. The van der Waals surface area contributed by atoms with E-state index in [2.05, 4.69) is 15.0 Å². The van der Waals surface area contributed by atoms with Crippen LogP contribution >= 0.6 is 0 Å². The van der Waals surface area contributed by atoms with Gasteiger partial charge in [0.2, 0.25) is 5.91 Å². The lowest BCUT2D eigenvalue weighted by Crippen LogP contribution is -2.37. The molecular formula is C14H22N4O2. The maximum atomic E-state index is 12.4. The predicted octanol–water partition coefficient (Wildman–Crippen LogP) is 1.09. The van der Waals surface area contributed by atoms with Crippen LogP contribution < -0.4 is 0 Å². The smallest absolute Gasteiger partial charge is 0.222 e. The quantitative estimate of drug-likeness (QED) is 0.749. The predicted molar refractivity (Wildman–Crippen MR) is 72.9 cm³/mol. The topological polar surface area (TPSA) is 60.2 Å². The van der Waals surface area contributed by atoms with Gasteiger partial charge in [0, 0.05) is 38.1 Å². The molecule has 0 aromatic carbocycles. The molecule has 6 nitrogen and oxygen atoms in total. The number of carbonyl (C=O) groups is 1. The lowest BCUT2D eigenvalue weighted by Gasteiger charge is -2.25. The van der Waals surface area contributed by atoms with Crippen molar-refractivity contribution in [3.05, 3.63) is 12.7 Å². The van der Waals surface area contributed by atoms with Crippen molar-refractivity contribution in [2.24, 2.45) is 5.92 Å². The summed E-state index contributed by atoms with van der Waals surface area (Å²) in [5.74, 6) is 0.828. The Morgan fingerprint density at radius 2 is 2.30 bits per heavy atom. The van der Waals surface area contributed by atoms with E-state index in [0.29, 0.717) is 24.3 Å². The highest BCUT2D eigenvalue weighted by Crippen LogP contribution is 2.29. The number of carbonyl (C=O) groups excluding carboxylic acids is 1. The summed E-state index contributed by atoms with van der Waals surface area (Å²) in [6, 6.07) is 0.495. The Morgan fingerprint density at radius 3 is 2.95 bits per heavy atom. The Labute approximate surface area is 119 Å². The summed E-state index contributed by atoms with van der Waals surface area (Å²) in [6.07, 6.45) is 8.08. The van der Waals surface area contributed by atoms with Gasteiger partial charge in [-0.05, 0) is 25.7 Å². The molecule has 1 aliphatic carbocycles. The van der Waals surface area contributed by atoms with Crippen LogP contribution in [-0.2, 0) is 16.1 Å². The fourth-order valence-electron chi connectivity index (χ4n) is 2.73. The molecule has 2 fully saturated rings. The second kappa shape index (κ2) is 6.35. The third-order valence-electron chi connectivity index (χ3n) is 4.03. The number of amides is 1. The van der Waals surface area contributed by atoms with E-state index in [1.165, 1.54) is 19.2 Å². The Hall–Kier alpha value is -1.43. The summed E-state index contributed by atoms with van der Waals surface area (Å²) in [5, 5.41) is 4.05. The van der Waals surface area contributed by atoms with Gasteiger partial charge in [-0.15, -0.1) is 0 Å². The van der Waals surface area contributed by atoms with E-state index in [1.54, 1.807) is 11.0 Å². The third kappa shape index (κ3) is 3.56. The van der Waals surface area contributed by atoms with Crippen molar-refractivity contribution in [3.63, 3.8) is 0 Å². The van der Waals surface area contributed by atoms with Gasteiger partial charge in [0.05, 0.1) is 6.61 Å². The van der Waals surface area contributed by atoms with Gasteiger partial charge in [0.25, 0.3) is 0 Å². The van der Waals surface area contributed by atoms with Crippen LogP contribution in [0.3, 0.4) is 0 Å². The van der Waals surface area contributed by atoms with Crippen LogP contribution in [0.25, 0.3) is 0 Å². The molecule has 0 bridgehead atoms. The number of hydrogen-bond acceptors (Lipinski definition) is 4. The first kappa shape index (κ1) is 13.5. The van der Waals surface area contributed by atoms with Crippen LogP contribution in [0.15, 0.2) is 12.7 Å². The van der Waals surface area contributed by atoms with Gasteiger partial charge < -0.3 is 9.64 Å². The third-order valence-corrected chi connectivity index (χ3v) is 4.03. The van der Waals surface area contributed by atoms with Crippen molar-refractivity contribution in [3.8, 4) is 0 Å². The van der Waals surface area contributed by atoms with Gasteiger partial charge in [-0.2, -0.15) is 5.10 Å². The maximum Gasteiger partial charge on any atom is 0.222 e. The molecule has 3 rings (SSSR count). The fraction of sp³-hybridized carbons (Fsp3) is 0.786. The largest absolute Gasteiger partial charge is 0.381 e. The first-order valence-electron chi connectivity index (χ1n) is 7.52. The molecule has 1 saturated carbocycles. The standard InChI is InChI=1S/C14H22N4O2/c19-14(2-1-6-17-11-15-10-16-17)18(13-3-4-13)8-12-5-7-20-9-12/h10-13H,1-9H2. The average Bonchev–Trinajstić information content (AvgIpc) is 2.93. The van der Waals surface area contributed by atoms with E-state index >= 15 is 0 Å². The molecule has 1 aliphatic heterocycles. The molecule has 1 unspecified atom stereocenters. The van der Waals surface area contributed by atoms with E-state index in [9.17, 15) is 4.79 Å². The first-order chi connectivity index (χ1) is 9.83. The number of aryl methyl sites for hydroxylation is 1. The summed E-state index contributed by atoms with van der Waals surface area (Å²) < 4.78 is 7.19. The summed E-state index contributed by atoms with van der Waals surface area (Å²) in [6.45, 7) is 3.31. The summed E-state index contributed by atoms with van der Waals surface area (Å²) in [4.78, 5) is 18.4. The molecule has 110 valence electrons. The zero-order valence-corrected chi connectivity index (χ0v) is 11.8. The van der Waals surface area contributed by atoms with Crippen LogP contribution in [0.4, 0.5) is 0 Å². The monoisotopic (exact) mass is 278 g/mol. The average molecular weight is 278 g/mol. The Bertz CT molecular complexity index is 424. The van der Waals surface area contributed by atoms with Crippen LogP contribution in [0, 0.1) is 5.92 Å². The fourth-order valence-corrected chi connectivity index (χ4v) is 2.73. The molecule has 1 aromatic heterocycles. The van der Waals surface area contributed by atoms with Gasteiger partial charge >= 0.3 is 0 Å². The number of nitrogens with zero attached hydrogens (tertiary/aromatic N) is 4. The van der Waals surface area contributed by atoms with E-state index in [4.69, 9.17) is 4.74 Å². The van der Waals surface area contributed by atoms with Crippen LogP contribution in [-0.4, -0.2) is 51.4 Å². The molecule has 0 N–H and O–H groups in total. The highest BCUT2D eigenvalue weighted by Gasteiger charge is 2.34. The van der Waals surface area contributed by atoms with Gasteiger partial charge in [0.1, 0.15) is 12.7 Å². The van der Waals surface area contributed by atoms with Crippen molar-refractivity contribution >= 4 is 5.91 Å². The molecule has 2 aliphatic rings. The van der Waals surface area contributed by atoms with Crippen LogP contribution in [0.5, 0.6) is 0 Å². The number of rotatable bonds is 7. The minimum absolute atomic E-state index is 0.291. The van der Waals surface area contributed by atoms with Gasteiger partial charge in [-0.3, -0.25) is 9.48 Å². The summed E-state index contributed by atoms with van der Waals surface area (Å²) in [5.41, 5.74) is 0. The van der Waals surface area contributed by atoms with Crippen LogP contribution in [0.1, 0.15) is 32.1 Å². The Kier molecular flexibility index (Phi) is 4.30. The molecule has 1 amide bonds. The van der Waals surface area contributed by atoms with Crippen molar-refractivity contribution in [1.29, 1.82) is 0 Å². The van der Waals surface area contributed by atoms with E-state index in [1.807, 2.05) is 0 Å². The van der Waals surface area contributed by atoms with E-state index < -0.39 is 0 Å². The highest BCUT2D eigenvalue weighted by molar-refractivity contribution is 5.76. The molecule has 1 atom stereocenters. The van der Waals surface area contributed by atoms with Crippen molar-refractivity contribution in [1.82, 2.24) is 19.7 Å². The van der Waals surface area contributed by atoms with Gasteiger partial charge in [-0.1, -0.05) is 0 Å². The van der Waals surface area contributed by atoms with Gasteiger partial charge in [0.15, 0.2) is 0 Å². The molecule has 1 saturated heterocycles. The minimum atomic E-state index is 0.291. The number of ether oxygens (including phenoxy) is 1. The second-order valence-electron chi connectivity index (χ2n) is 5.77. The molecule has 0 radical (unpaired) electrons. The summed E-state index contributed by atoms with van der Waals surface area (Å²) >= 11 is 0. The minimum Gasteiger partial charge on any atom is -0.381 e. The molecular weight excluding hydrogens is 256 g/mol. The van der Waals surface area contributed by atoms with Crippen molar-refractivity contribution in [2.45, 2.75) is 44.7 Å². The molecule has 1 aromatic rings. The molecule has 2 heterocycles. The lowest BCUT2D eigenvalue weighted by molar-refractivity contribution is -0.132. The zero-order valence-electron chi connectivity index (χ0n) is 11.8.